The zero-order chi connectivity index (χ0) is 16.4. The summed E-state index contributed by atoms with van der Waals surface area (Å²) < 4.78 is 14.7. The van der Waals surface area contributed by atoms with Gasteiger partial charge in [0.05, 0.1) is 13.7 Å². The molecule has 1 atom stereocenters. The lowest BCUT2D eigenvalue weighted by molar-refractivity contribution is -0.150. The molecule has 122 valence electrons. The number of unbranched alkanes of at least 4 members (excludes halogenated alkanes) is 1. The number of benzene rings is 1. The summed E-state index contributed by atoms with van der Waals surface area (Å²) >= 11 is 0. The molecule has 1 aromatic rings. The van der Waals surface area contributed by atoms with Crippen LogP contribution in [0.15, 0.2) is 24.3 Å². The SMILES string of the molecule is CCCCOC(=O)COc1ccc(CC(O)C(=O)OC)cc1. The van der Waals surface area contributed by atoms with Crippen molar-refractivity contribution in [1.82, 2.24) is 0 Å². The van der Waals surface area contributed by atoms with Crippen molar-refractivity contribution in [2.45, 2.75) is 32.3 Å². The monoisotopic (exact) mass is 310 g/mol. The van der Waals surface area contributed by atoms with E-state index in [0.29, 0.717) is 12.4 Å². The topological polar surface area (TPSA) is 82.1 Å². The van der Waals surface area contributed by atoms with Gasteiger partial charge in [-0.15, -0.1) is 0 Å². The fourth-order valence-electron chi connectivity index (χ4n) is 1.68. The van der Waals surface area contributed by atoms with Gasteiger partial charge < -0.3 is 19.3 Å². The largest absolute Gasteiger partial charge is 0.482 e. The molecule has 0 saturated carbocycles. The van der Waals surface area contributed by atoms with Crippen molar-refractivity contribution in [3.8, 4) is 5.75 Å². The van der Waals surface area contributed by atoms with E-state index in [4.69, 9.17) is 9.47 Å². The number of aliphatic hydroxyl groups is 1. The summed E-state index contributed by atoms with van der Waals surface area (Å²) in [5.41, 5.74) is 0.760. The molecule has 0 fully saturated rings. The van der Waals surface area contributed by atoms with E-state index in [1.807, 2.05) is 6.92 Å². The summed E-state index contributed by atoms with van der Waals surface area (Å²) in [5, 5.41) is 9.55. The van der Waals surface area contributed by atoms with Crippen LogP contribution >= 0.6 is 0 Å². The van der Waals surface area contributed by atoms with Crippen LogP contribution in [-0.4, -0.2) is 43.5 Å². The number of hydrogen-bond acceptors (Lipinski definition) is 6. The number of ether oxygens (including phenoxy) is 3. The smallest absolute Gasteiger partial charge is 0.344 e. The molecule has 0 aromatic heterocycles. The lowest BCUT2D eigenvalue weighted by Crippen LogP contribution is -2.24. The van der Waals surface area contributed by atoms with Crippen LogP contribution in [0.2, 0.25) is 0 Å². The van der Waals surface area contributed by atoms with E-state index in [0.717, 1.165) is 18.4 Å². The van der Waals surface area contributed by atoms with Gasteiger partial charge in [0.2, 0.25) is 0 Å². The van der Waals surface area contributed by atoms with Crippen molar-refractivity contribution in [3.05, 3.63) is 29.8 Å². The molecular formula is C16H22O6. The molecule has 0 spiro atoms. The number of hydrogen-bond donors (Lipinski definition) is 1. The highest BCUT2D eigenvalue weighted by Crippen LogP contribution is 2.14. The molecule has 1 N–H and O–H groups in total. The Labute approximate surface area is 130 Å². The highest BCUT2D eigenvalue weighted by atomic mass is 16.6. The Balaban J connectivity index is 2.38. The molecule has 1 unspecified atom stereocenters. The van der Waals surface area contributed by atoms with Crippen LogP contribution in [-0.2, 0) is 25.5 Å². The molecule has 22 heavy (non-hydrogen) atoms. The van der Waals surface area contributed by atoms with Crippen LogP contribution < -0.4 is 4.74 Å². The van der Waals surface area contributed by atoms with Gasteiger partial charge in [0, 0.05) is 6.42 Å². The van der Waals surface area contributed by atoms with Crippen molar-refractivity contribution < 1.29 is 28.9 Å². The van der Waals surface area contributed by atoms with Crippen molar-refractivity contribution in [1.29, 1.82) is 0 Å². The lowest BCUT2D eigenvalue weighted by atomic mass is 10.1. The maximum absolute atomic E-state index is 11.4. The minimum atomic E-state index is -1.19. The number of rotatable bonds is 9. The van der Waals surface area contributed by atoms with E-state index < -0.39 is 18.0 Å². The van der Waals surface area contributed by atoms with E-state index in [9.17, 15) is 14.7 Å². The number of esters is 2. The second-order valence-electron chi connectivity index (χ2n) is 4.75. The molecule has 0 heterocycles. The average molecular weight is 310 g/mol. The first kappa shape index (κ1) is 18.0. The second-order valence-corrected chi connectivity index (χ2v) is 4.75. The van der Waals surface area contributed by atoms with Gasteiger partial charge in [-0.25, -0.2) is 9.59 Å². The van der Waals surface area contributed by atoms with Gasteiger partial charge in [0.15, 0.2) is 12.7 Å². The fourth-order valence-corrected chi connectivity index (χ4v) is 1.68. The Morgan fingerprint density at radius 2 is 1.91 bits per heavy atom. The van der Waals surface area contributed by atoms with Crippen molar-refractivity contribution in [2.24, 2.45) is 0 Å². The van der Waals surface area contributed by atoms with Gasteiger partial charge in [0.1, 0.15) is 5.75 Å². The summed E-state index contributed by atoms with van der Waals surface area (Å²) in [5.74, 6) is -0.558. The third-order valence-electron chi connectivity index (χ3n) is 2.94. The quantitative estimate of drug-likeness (QED) is 0.549. The average Bonchev–Trinajstić information content (AvgIpc) is 2.53. The van der Waals surface area contributed by atoms with Gasteiger partial charge in [0.25, 0.3) is 0 Å². The standard InChI is InChI=1S/C16H22O6/c1-3-4-9-21-15(18)11-22-13-7-5-12(6-8-13)10-14(17)16(19)20-2/h5-8,14,17H,3-4,9-11H2,1-2H3. The number of methoxy groups -OCH3 is 1. The molecular weight excluding hydrogens is 288 g/mol. The fraction of sp³-hybridized carbons (Fsp3) is 0.500. The highest BCUT2D eigenvalue weighted by Gasteiger charge is 2.15. The van der Waals surface area contributed by atoms with E-state index in [2.05, 4.69) is 4.74 Å². The maximum Gasteiger partial charge on any atom is 0.344 e. The molecule has 6 nitrogen and oxygen atoms in total. The van der Waals surface area contributed by atoms with Gasteiger partial charge >= 0.3 is 11.9 Å². The maximum atomic E-state index is 11.4. The summed E-state index contributed by atoms with van der Waals surface area (Å²) in [6.07, 6.45) is 0.771. The van der Waals surface area contributed by atoms with E-state index in [1.54, 1.807) is 24.3 Å². The van der Waals surface area contributed by atoms with Crippen molar-refractivity contribution in [2.75, 3.05) is 20.3 Å². The van der Waals surface area contributed by atoms with Crippen LogP contribution in [0.3, 0.4) is 0 Å². The summed E-state index contributed by atoms with van der Waals surface area (Å²) in [6.45, 7) is 2.28. The van der Waals surface area contributed by atoms with Crippen LogP contribution in [0.5, 0.6) is 5.75 Å². The Morgan fingerprint density at radius 1 is 1.23 bits per heavy atom. The Hall–Kier alpha value is -2.08. The molecule has 0 radical (unpaired) electrons. The van der Waals surface area contributed by atoms with Crippen LogP contribution in [0.4, 0.5) is 0 Å². The van der Waals surface area contributed by atoms with E-state index in [-0.39, 0.29) is 13.0 Å². The predicted molar refractivity (Wildman–Crippen MR) is 79.5 cm³/mol. The first-order valence-electron chi connectivity index (χ1n) is 7.20. The van der Waals surface area contributed by atoms with Crippen LogP contribution in [0.1, 0.15) is 25.3 Å². The molecule has 0 aliphatic rings. The van der Waals surface area contributed by atoms with Gasteiger partial charge in [-0.05, 0) is 24.1 Å². The lowest BCUT2D eigenvalue weighted by Gasteiger charge is -2.09. The molecule has 0 saturated heterocycles. The molecule has 1 aromatic carbocycles. The summed E-state index contributed by atoms with van der Waals surface area (Å²) in [4.78, 5) is 22.5. The first-order chi connectivity index (χ1) is 10.6. The molecule has 1 rings (SSSR count). The third kappa shape index (κ3) is 6.58. The molecule has 0 aliphatic heterocycles. The highest BCUT2D eigenvalue weighted by molar-refractivity contribution is 5.74. The van der Waals surface area contributed by atoms with Crippen molar-refractivity contribution in [3.63, 3.8) is 0 Å². The van der Waals surface area contributed by atoms with Crippen LogP contribution in [0, 0.1) is 0 Å². The first-order valence-corrected chi connectivity index (χ1v) is 7.20. The minimum absolute atomic E-state index is 0.145. The number of aliphatic hydroxyl groups excluding tert-OH is 1. The van der Waals surface area contributed by atoms with E-state index in [1.165, 1.54) is 7.11 Å². The molecule has 0 bridgehead atoms. The normalized spacial score (nSPS) is 11.6. The van der Waals surface area contributed by atoms with Crippen LogP contribution in [0.25, 0.3) is 0 Å². The second kappa shape index (κ2) is 9.78. The van der Waals surface area contributed by atoms with Crippen molar-refractivity contribution >= 4 is 11.9 Å². The molecule has 6 heteroatoms. The Bertz CT molecular complexity index is 468. The summed E-state index contributed by atoms with van der Waals surface area (Å²) in [6, 6.07) is 6.76. The van der Waals surface area contributed by atoms with Gasteiger partial charge in [-0.3, -0.25) is 0 Å². The number of carbonyl (C=O) groups excluding carboxylic acids is 2. The minimum Gasteiger partial charge on any atom is -0.482 e. The van der Waals surface area contributed by atoms with Gasteiger partial charge in [-0.1, -0.05) is 25.5 Å². The molecule has 0 amide bonds. The summed E-state index contributed by atoms with van der Waals surface area (Å²) in [7, 11) is 1.22. The molecule has 0 aliphatic carbocycles. The zero-order valence-electron chi connectivity index (χ0n) is 12.9. The third-order valence-corrected chi connectivity index (χ3v) is 2.94. The Kier molecular flexibility index (Phi) is 7.99. The number of carbonyl (C=O) groups is 2. The Morgan fingerprint density at radius 3 is 2.50 bits per heavy atom. The van der Waals surface area contributed by atoms with Gasteiger partial charge in [-0.2, -0.15) is 0 Å². The zero-order valence-corrected chi connectivity index (χ0v) is 12.9. The predicted octanol–water partition coefficient (Wildman–Crippen LogP) is 1.49. The van der Waals surface area contributed by atoms with E-state index >= 15 is 0 Å².